The van der Waals surface area contributed by atoms with E-state index >= 15 is 0 Å². The van der Waals surface area contributed by atoms with Gasteiger partial charge >= 0.3 is 0 Å². The maximum Gasteiger partial charge on any atom is 0.271 e. The zero-order valence-corrected chi connectivity index (χ0v) is 16.9. The minimum Gasteiger partial charge on any atom is -0.368 e. The normalized spacial score (nSPS) is 13.8. The highest BCUT2D eigenvalue weighted by atomic mass is 32.2. The van der Waals surface area contributed by atoms with Gasteiger partial charge in [-0.3, -0.25) is 19.7 Å². The van der Waals surface area contributed by atoms with Crippen LogP contribution < -0.4 is 10.2 Å². The van der Waals surface area contributed by atoms with Crippen molar-refractivity contribution in [3.05, 3.63) is 64.5 Å². The van der Waals surface area contributed by atoms with Crippen LogP contribution in [0.15, 0.2) is 48.5 Å². The van der Waals surface area contributed by atoms with Gasteiger partial charge in [0.2, 0.25) is 11.8 Å². The highest BCUT2D eigenvalue weighted by Crippen LogP contribution is 2.22. The Morgan fingerprint density at radius 3 is 2.43 bits per heavy atom. The Labute approximate surface area is 177 Å². The number of benzene rings is 2. The molecule has 2 aromatic carbocycles. The summed E-state index contributed by atoms with van der Waals surface area (Å²) in [5.41, 5.74) is 1.31. The van der Waals surface area contributed by atoms with Crippen molar-refractivity contribution < 1.29 is 18.9 Å². The van der Waals surface area contributed by atoms with Crippen molar-refractivity contribution in [1.29, 1.82) is 0 Å². The number of nitrogens with one attached hydrogen (secondary N) is 1. The van der Waals surface area contributed by atoms with Crippen LogP contribution in [-0.4, -0.2) is 59.3 Å². The van der Waals surface area contributed by atoms with Crippen molar-refractivity contribution in [1.82, 2.24) is 4.90 Å². The molecule has 1 aliphatic heterocycles. The second-order valence-electron chi connectivity index (χ2n) is 6.69. The number of nitro groups is 1. The summed E-state index contributed by atoms with van der Waals surface area (Å²) in [6.07, 6.45) is 0. The minimum absolute atomic E-state index is 0.0429. The van der Waals surface area contributed by atoms with Crippen LogP contribution in [0.25, 0.3) is 0 Å². The SMILES string of the molecule is O=C(CSCC(=O)N1CCN(c2cccc([N+](=O)[O-])c2)CC1)Nc1ccc(F)cc1. The summed E-state index contributed by atoms with van der Waals surface area (Å²) in [6.45, 7) is 2.21. The molecule has 0 atom stereocenters. The third-order valence-corrected chi connectivity index (χ3v) is 5.54. The van der Waals surface area contributed by atoms with E-state index in [1.807, 2.05) is 11.0 Å². The summed E-state index contributed by atoms with van der Waals surface area (Å²) in [4.78, 5) is 38.6. The maximum atomic E-state index is 12.9. The van der Waals surface area contributed by atoms with Crippen molar-refractivity contribution in [2.45, 2.75) is 0 Å². The predicted octanol–water partition coefficient (Wildman–Crippen LogP) is 2.75. The second-order valence-corrected chi connectivity index (χ2v) is 7.68. The fourth-order valence-electron chi connectivity index (χ4n) is 3.07. The third-order valence-electron chi connectivity index (χ3n) is 4.62. The Hall–Kier alpha value is -3.14. The highest BCUT2D eigenvalue weighted by Gasteiger charge is 2.22. The first-order chi connectivity index (χ1) is 14.4. The third kappa shape index (κ3) is 5.93. The molecule has 1 fully saturated rings. The molecule has 3 rings (SSSR count). The molecule has 0 aromatic heterocycles. The van der Waals surface area contributed by atoms with Gasteiger partial charge < -0.3 is 15.1 Å². The molecule has 1 heterocycles. The smallest absolute Gasteiger partial charge is 0.271 e. The van der Waals surface area contributed by atoms with Gasteiger partial charge in [-0.15, -0.1) is 11.8 Å². The van der Waals surface area contributed by atoms with Gasteiger partial charge in [-0.1, -0.05) is 6.07 Å². The number of hydrogen-bond donors (Lipinski definition) is 1. The number of piperazine rings is 1. The summed E-state index contributed by atoms with van der Waals surface area (Å²) in [5, 5.41) is 13.6. The second kappa shape index (κ2) is 10.1. The number of thioether (sulfide) groups is 1. The molecule has 8 nitrogen and oxygen atoms in total. The molecule has 0 unspecified atom stereocenters. The minimum atomic E-state index is -0.424. The van der Waals surface area contributed by atoms with Crippen LogP contribution in [0.4, 0.5) is 21.5 Å². The van der Waals surface area contributed by atoms with Crippen LogP contribution in [0.1, 0.15) is 0 Å². The number of halogens is 1. The number of rotatable bonds is 7. The van der Waals surface area contributed by atoms with Crippen LogP contribution in [0.3, 0.4) is 0 Å². The molecule has 0 bridgehead atoms. The first-order valence-electron chi connectivity index (χ1n) is 9.33. The molecule has 158 valence electrons. The lowest BCUT2D eigenvalue weighted by Gasteiger charge is -2.36. The van der Waals surface area contributed by atoms with Gasteiger partial charge in [0, 0.05) is 49.7 Å². The van der Waals surface area contributed by atoms with Crippen LogP contribution in [0.2, 0.25) is 0 Å². The summed E-state index contributed by atoms with van der Waals surface area (Å²) < 4.78 is 12.9. The Bertz CT molecular complexity index is 917. The largest absolute Gasteiger partial charge is 0.368 e. The molecular weight excluding hydrogens is 411 g/mol. The Kier molecular flexibility index (Phi) is 7.23. The quantitative estimate of drug-likeness (QED) is 0.534. The van der Waals surface area contributed by atoms with Crippen LogP contribution in [0, 0.1) is 15.9 Å². The fraction of sp³-hybridized carbons (Fsp3) is 0.300. The summed E-state index contributed by atoms with van der Waals surface area (Å²) in [6, 6.07) is 11.9. The van der Waals surface area contributed by atoms with E-state index in [1.54, 1.807) is 11.0 Å². The van der Waals surface area contributed by atoms with Crippen molar-refractivity contribution in [3.8, 4) is 0 Å². The molecule has 1 N–H and O–H groups in total. The lowest BCUT2D eigenvalue weighted by atomic mass is 10.2. The number of non-ortho nitro benzene ring substituents is 1. The Morgan fingerprint density at radius 2 is 1.77 bits per heavy atom. The van der Waals surface area contributed by atoms with Crippen molar-refractivity contribution >= 4 is 40.6 Å². The zero-order valence-electron chi connectivity index (χ0n) is 16.1. The summed E-state index contributed by atoms with van der Waals surface area (Å²) in [7, 11) is 0. The topological polar surface area (TPSA) is 95.8 Å². The van der Waals surface area contributed by atoms with Gasteiger partial charge in [0.05, 0.1) is 16.4 Å². The number of anilines is 2. The van der Waals surface area contributed by atoms with E-state index in [4.69, 9.17) is 0 Å². The van der Waals surface area contributed by atoms with E-state index in [1.165, 1.54) is 48.2 Å². The molecule has 2 amide bonds. The molecule has 10 heteroatoms. The first-order valence-corrected chi connectivity index (χ1v) is 10.5. The van der Waals surface area contributed by atoms with E-state index in [-0.39, 0.29) is 34.8 Å². The molecule has 1 aliphatic rings. The number of nitrogens with zero attached hydrogens (tertiary/aromatic N) is 3. The van der Waals surface area contributed by atoms with Crippen molar-refractivity contribution in [3.63, 3.8) is 0 Å². The number of nitro benzene ring substituents is 1. The summed E-state index contributed by atoms with van der Waals surface area (Å²) in [5.74, 6) is -0.369. The Morgan fingerprint density at radius 1 is 1.07 bits per heavy atom. The van der Waals surface area contributed by atoms with Crippen LogP contribution in [0.5, 0.6) is 0 Å². The predicted molar refractivity (Wildman–Crippen MR) is 114 cm³/mol. The van der Waals surface area contributed by atoms with E-state index < -0.39 is 4.92 Å². The summed E-state index contributed by atoms with van der Waals surface area (Å²) >= 11 is 1.22. The highest BCUT2D eigenvalue weighted by molar-refractivity contribution is 8.00. The molecule has 0 radical (unpaired) electrons. The molecule has 0 aliphatic carbocycles. The maximum absolute atomic E-state index is 12.9. The van der Waals surface area contributed by atoms with E-state index in [9.17, 15) is 24.1 Å². The molecule has 1 saturated heterocycles. The van der Waals surface area contributed by atoms with Crippen LogP contribution >= 0.6 is 11.8 Å². The number of amides is 2. The van der Waals surface area contributed by atoms with Crippen molar-refractivity contribution in [2.24, 2.45) is 0 Å². The molecule has 0 spiro atoms. The van der Waals surface area contributed by atoms with Gasteiger partial charge in [-0.05, 0) is 30.3 Å². The molecule has 2 aromatic rings. The number of carbonyl (C=O) groups is 2. The average molecular weight is 432 g/mol. The van der Waals surface area contributed by atoms with Gasteiger partial charge in [0.1, 0.15) is 5.82 Å². The molecular formula is C20H21FN4O4S. The number of hydrogen-bond acceptors (Lipinski definition) is 6. The molecule has 30 heavy (non-hydrogen) atoms. The van der Waals surface area contributed by atoms with Gasteiger partial charge in [0.25, 0.3) is 5.69 Å². The van der Waals surface area contributed by atoms with Crippen molar-refractivity contribution in [2.75, 3.05) is 47.9 Å². The monoisotopic (exact) mass is 432 g/mol. The standard InChI is InChI=1S/C20H21FN4O4S/c21-15-4-6-16(7-5-15)22-19(26)13-30-14-20(27)24-10-8-23(9-11-24)17-2-1-3-18(12-17)25(28)29/h1-7,12H,8-11,13-14H2,(H,22,26). The fourth-order valence-corrected chi connectivity index (χ4v) is 3.79. The van der Waals surface area contributed by atoms with Gasteiger partial charge in [0.15, 0.2) is 0 Å². The van der Waals surface area contributed by atoms with Gasteiger partial charge in [-0.25, -0.2) is 4.39 Å². The lowest BCUT2D eigenvalue weighted by molar-refractivity contribution is -0.384. The van der Waals surface area contributed by atoms with Crippen LogP contribution in [-0.2, 0) is 9.59 Å². The zero-order chi connectivity index (χ0) is 21.5. The first kappa shape index (κ1) is 21.6. The van der Waals surface area contributed by atoms with E-state index in [2.05, 4.69) is 5.32 Å². The van der Waals surface area contributed by atoms with E-state index in [0.717, 1.165) is 5.69 Å². The number of carbonyl (C=O) groups excluding carboxylic acids is 2. The average Bonchev–Trinajstić information content (AvgIpc) is 2.75. The molecule has 0 saturated carbocycles. The Balaban J connectivity index is 1.40. The van der Waals surface area contributed by atoms with Gasteiger partial charge in [-0.2, -0.15) is 0 Å². The lowest BCUT2D eigenvalue weighted by Crippen LogP contribution is -2.49. The van der Waals surface area contributed by atoms with E-state index in [0.29, 0.717) is 31.9 Å².